The summed E-state index contributed by atoms with van der Waals surface area (Å²) < 4.78 is 71.4. The first-order valence-corrected chi connectivity index (χ1v) is 34.4. The second-order valence-electron chi connectivity index (χ2n) is 24.3. The van der Waals surface area contributed by atoms with Crippen molar-refractivity contribution in [3.05, 3.63) is 156 Å². The number of carbonyl (C=O) groups excluding carboxylic acids is 1. The number of nitrogens with one attached hydrogen (secondary N) is 1. The Morgan fingerprint density at radius 2 is 0.788 bits per heavy atom. The molecular formula is C77H119NO7. The van der Waals surface area contributed by atoms with Gasteiger partial charge in [-0.25, -0.2) is 0 Å². The Bertz CT molecular complexity index is 2320. The van der Waals surface area contributed by atoms with E-state index in [1.807, 2.05) is 127 Å². The first-order valence-electron chi connectivity index (χ1n) is 36.8. The Kier molecular flexibility index (Phi) is 37.5. The quantitative estimate of drug-likeness (QED) is 0.0336. The highest BCUT2D eigenvalue weighted by molar-refractivity contribution is 5.76. The van der Waals surface area contributed by atoms with E-state index in [2.05, 4.69) is 19.2 Å². The van der Waals surface area contributed by atoms with E-state index in [1.165, 1.54) is 173 Å². The molecule has 4 aromatic carbocycles. The van der Waals surface area contributed by atoms with Crippen LogP contribution in [0.15, 0.2) is 133 Å². The van der Waals surface area contributed by atoms with Crippen molar-refractivity contribution in [1.82, 2.24) is 5.32 Å². The predicted octanol–water partition coefficient (Wildman–Crippen LogP) is 20.2. The van der Waals surface area contributed by atoms with Gasteiger partial charge < -0.3 is 34.1 Å². The van der Waals surface area contributed by atoms with Gasteiger partial charge in [0.25, 0.3) is 0 Å². The summed E-state index contributed by atoms with van der Waals surface area (Å²) in [6, 6.07) is 35.9. The van der Waals surface area contributed by atoms with Crippen LogP contribution in [0.25, 0.3) is 0 Å². The maximum Gasteiger partial charge on any atom is 0.220 e. The van der Waals surface area contributed by atoms with Gasteiger partial charge in [0.15, 0.2) is 0 Å². The van der Waals surface area contributed by atoms with E-state index in [9.17, 15) is 14.0 Å². The number of carbonyl (C=O) groups is 1. The number of hydrogen-bond donors (Lipinski definition) is 2. The summed E-state index contributed by atoms with van der Waals surface area (Å²) in [6.07, 6.45) is 40.7. The molecule has 0 saturated carbocycles. The Balaban J connectivity index is 1.27. The van der Waals surface area contributed by atoms with Crippen LogP contribution in [0.4, 0.5) is 0 Å². The number of unbranched alkanes of at least 4 members (excludes halogenated alkanes) is 32. The molecule has 85 heavy (non-hydrogen) atoms. The summed E-state index contributed by atoms with van der Waals surface area (Å²) in [5, 5.41) is 15.5. The molecule has 0 radical (unpaired) electrons. The number of hydrogen-bond acceptors (Lipinski definition) is 7. The van der Waals surface area contributed by atoms with Crippen LogP contribution >= 0.6 is 0 Å². The van der Waals surface area contributed by atoms with Crippen LogP contribution in [0.2, 0.25) is 0 Å². The summed E-state index contributed by atoms with van der Waals surface area (Å²) in [6.45, 7) is -0.469. The molecular weight excluding hydrogens is 1050 g/mol. The highest BCUT2D eigenvalue weighted by Crippen LogP contribution is 2.34. The van der Waals surface area contributed by atoms with E-state index in [1.54, 1.807) is 6.08 Å². The predicted molar refractivity (Wildman–Crippen MR) is 354 cm³/mol. The van der Waals surface area contributed by atoms with Crippen LogP contribution < -0.4 is 5.32 Å². The fourth-order valence-electron chi connectivity index (χ4n) is 11.6. The van der Waals surface area contributed by atoms with Crippen molar-refractivity contribution in [3.8, 4) is 0 Å². The molecule has 1 aliphatic heterocycles. The second kappa shape index (κ2) is 48.8. The summed E-state index contributed by atoms with van der Waals surface area (Å²) in [4.78, 5) is 14.2. The molecule has 474 valence electrons. The third kappa shape index (κ3) is 33.7. The maximum absolute atomic E-state index is 14.2. The highest BCUT2D eigenvalue weighted by atomic mass is 16.6. The van der Waals surface area contributed by atoms with Gasteiger partial charge in [0.05, 0.1) is 56.7 Å². The Hall–Kier alpha value is -4.15. The van der Waals surface area contributed by atoms with Gasteiger partial charge in [0.1, 0.15) is 24.4 Å². The number of aliphatic hydroxyl groups excluding tert-OH is 1. The molecule has 1 aliphatic rings. The molecule has 0 aliphatic carbocycles. The molecule has 8 nitrogen and oxygen atoms in total. The fourth-order valence-corrected chi connectivity index (χ4v) is 11.6. The number of aliphatic hydroxyl groups is 1. The summed E-state index contributed by atoms with van der Waals surface area (Å²) in [5.74, 6) is -0.166. The van der Waals surface area contributed by atoms with Crippen LogP contribution in [-0.4, -0.2) is 60.3 Å². The maximum atomic E-state index is 14.2. The average Bonchev–Trinajstić information content (AvgIpc) is 1.05. The van der Waals surface area contributed by atoms with Gasteiger partial charge >= 0.3 is 0 Å². The lowest BCUT2D eigenvalue weighted by Gasteiger charge is -2.47. The molecule has 4 aromatic rings. The number of benzene rings is 4. The van der Waals surface area contributed by atoms with Crippen LogP contribution in [0.3, 0.4) is 0 Å². The zero-order chi connectivity index (χ0) is 63.2. The monoisotopic (exact) mass is 1170 g/mol. The minimum atomic E-state index is -1.26. The Labute approximate surface area is 524 Å². The molecule has 1 amide bonds. The zero-order valence-electron chi connectivity index (χ0n) is 57.1. The van der Waals surface area contributed by atoms with Crippen molar-refractivity contribution in [1.29, 1.82) is 0 Å². The first-order chi connectivity index (χ1) is 43.7. The molecule has 11 atom stereocenters. The summed E-state index contributed by atoms with van der Waals surface area (Å²) in [5.41, 5.74) is 2.37. The van der Waals surface area contributed by atoms with Crippen molar-refractivity contribution in [2.75, 3.05) is 6.61 Å². The van der Waals surface area contributed by atoms with Crippen LogP contribution in [-0.2, 0) is 54.8 Å². The van der Waals surface area contributed by atoms with Gasteiger partial charge in [0.2, 0.25) is 5.91 Å². The lowest BCUT2D eigenvalue weighted by atomic mass is 9.89. The first kappa shape index (κ1) is 65.3. The summed E-state index contributed by atoms with van der Waals surface area (Å²) >= 11 is 0. The summed E-state index contributed by atoms with van der Waals surface area (Å²) in [7, 11) is 0. The van der Waals surface area contributed by atoms with Gasteiger partial charge in [-0.15, -0.1) is 0 Å². The number of rotatable bonds is 53. The largest absolute Gasteiger partial charge is 0.387 e. The van der Waals surface area contributed by atoms with Crippen molar-refractivity contribution < 1.29 is 39.1 Å². The van der Waals surface area contributed by atoms with Gasteiger partial charge in [-0.1, -0.05) is 346 Å². The van der Waals surface area contributed by atoms with E-state index in [-0.39, 0.29) is 18.9 Å². The SMILES string of the molecule is [2H]C(OC[C@H]1OC(C[C@H](NC(=O)CCCCCCCCCCCCCCCCCCCCCCCCC)[C@H](O)C=CCCCCCCCCCCCC)[C@H](OC([2H])c2ccccc2)[C@@H](OC([2H])c2ccccc2)[C@H]1OC([2H])c1ccccc1)c1ccccc1. The molecule has 0 aromatic heterocycles. The van der Waals surface area contributed by atoms with Crippen LogP contribution in [0.5, 0.6) is 0 Å². The molecule has 1 heterocycles. The van der Waals surface area contributed by atoms with Gasteiger partial charge in [0, 0.05) is 6.42 Å². The zero-order valence-corrected chi connectivity index (χ0v) is 53.1. The lowest BCUT2D eigenvalue weighted by Crippen LogP contribution is -2.62. The van der Waals surface area contributed by atoms with Crippen molar-refractivity contribution in [2.24, 2.45) is 0 Å². The van der Waals surface area contributed by atoms with Gasteiger partial charge in [-0.3, -0.25) is 4.79 Å². The molecule has 2 N–H and O–H groups in total. The van der Waals surface area contributed by atoms with Crippen molar-refractivity contribution in [2.45, 2.75) is 314 Å². The van der Waals surface area contributed by atoms with E-state index in [4.69, 9.17) is 25.1 Å². The fraction of sp³-hybridized carbons (Fsp3) is 0.649. The van der Waals surface area contributed by atoms with E-state index >= 15 is 0 Å². The van der Waals surface area contributed by atoms with E-state index < -0.39 is 69.0 Å². The lowest BCUT2D eigenvalue weighted by molar-refractivity contribution is -0.274. The number of ether oxygens (including phenoxy) is 5. The van der Waals surface area contributed by atoms with Gasteiger partial charge in [-0.05, 0) is 47.9 Å². The average molecular weight is 1170 g/mol. The highest BCUT2D eigenvalue weighted by Gasteiger charge is 2.49. The minimum absolute atomic E-state index is 0.0319. The third-order valence-corrected chi connectivity index (χ3v) is 16.8. The van der Waals surface area contributed by atoms with Crippen LogP contribution in [0.1, 0.15) is 273 Å². The normalized spacial score (nSPS) is 20.0. The molecule has 8 heteroatoms. The molecule has 1 saturated heterocycles. The Morgan fingerprint density at radius 1 is 0.459 bits per heavy atom. The minimum Gasteiger partial charge on any atom is -0.387 e. The molecule has 1 fully saturated rings. The van der Waals surface area contributed by atoms with Crippen molar-refractivity contribution >= 4 is 5.91 Å². The molecule has 0 bridgehead atoms. The smallest absolute Gasteiger partial charge is 0.220 e. The number of amides is 1. The number of allylic oxidation sites excluding steroid dienone is 1. The molecule has 0 spiro atoms. The van der Waals surface area contributed by atoms with Crippen molar-refractivity contribution in [3.63, 3.8) is 0 Å². The third-order valence-electron chi connectivity index (χ3n) is 16.8. The van der Waals surface area contributed by atoms with E-state index in [0.717, 1.165) is 44.9 Å². The second-order valence-corrected chi connectivity index (χ2v) is 24.3. The Morgan fingerprint density at radius 3 is 1.18 bits per heavy atom. The molecule has 5 unspecified atom stereocenters. The van der Waals surface area contributed by atoms with Gasteiger partial charge in [-0.2, -0.15) is 0 Å². The van der Waals surface area contributed by atoms with Crippen LogP contribution in [0, 0.1) is 0 Å². The standard InChI is InChI=1S/C77H119NO7/c1-3-5-7-9-11-13-15-17-18-19-20-21-22-23-24-25-26-27-29-31-33-35-49-59-74(80)78-70(71(79)58-48-34-32-30-28-16-14-12-10-8-6-4-2)60-72-75(82-62-67-52-42-37-43-53-67)77(84-64-69-56-46-39-47-57-69)76(83-63-68-54-44-38-45-55-68)73(85-72)65-81-61-66-50-40-36-41-51-66/h36-48,50-58,70-73,75-77,79H,3-35,49,59-65H2,1-2H3,(H,78,80)/t70-,71+,72?,73+,75-,76-,77+/m0/s1/i61D,62D,63D,64D/t61?,62?,63?,64?,70-,71+,72?,73+,75-,76-,77+. The molecule has 5 rings (SSSR count). The topological polar surface area (TPSA) is 95.5 Å². The van der Waals surface area contributed by atoms with E-state index in [0.29, 0.717) is 28.7 Å².